The Morgan fingerprint density at radius 1 is 0.846 bits per heavy atom. The SMILES string of the molecule is C=C1C(C(=O)Nc2cccc(SC)c2)C1C(=O)Nc1cccc(SC)c1. The average molecular weight is 385 g/mol. The first-order valence-electron chi connectivity index (χ1n) is 8.12. The maximum atomic E-state index is 12.5. The van der Waals surface area contributed by atoms with Crippen LogP contribution in [0.4, 0.5) is 11.4 Å². The summed E-state index contributed by atoms with van der Waals surface area (Å²) in [7, 11) is 0. The van der Waals surface area contributed by atoms with Crippen LogP contribution in [0.3, 0.4) is 0 Å². The first-order chi connectivity index (χ1) is 12.5. The molecule has 2 N–H and O–H groups in total. The molecule has 2 unspecified atom stereocenters. The number of rotatable bonds is 6. The fraction of sp³-hybridized carbons (Fsp3) is 0.200. The van der Waals surface area contributed by atoms with Crippen LogP contribution in [0.1, 0.15) is 0 Å². The molecule has 6 heteroatoms. The lowest BCUT2D eigenvalue weighted by atomic mass is 10.2. The number of nitrogens with one attached hydrogen (secondary N) is 2. The predicted molar refractivity (Wildman–Crippen MR) is 110 cm³/mol. The molecule has 2 atom stereocenters. The third kappa shape index (κ3) is 4.14. The molecule has 0 aromatic heterocycles. The van der Waals surface area contributed by atoms with Crippen LogP contribution in [-0.4, -0.2) is 24.3 Å². The van der Waals surface area contributed by atoms with Crippen molar-refractivity contribution < 1.29 is 9.59 Å². The molecule has 134 valence electrons. The van der Waals surface area contributed by atoms with Gasteiger partial charge in [0.1, 0.15) is 0 Å². The van der Waals surface area contributed by atoms with Gasteiger partial charge in [0.15, 0.2) is 0 Å². The van der Waals surface area contributed by atoms with Crippen LogP contribution in [-0.2, 0) is 9.59 Å². The number of carbonyl (C=O) groups is 2. The fourth-order valence-electron chi connectivity index (χ4n) is 2.80. The van der Waals surface area contributed by atoms with Crippen molar-refractivity contribution in [3.05, 3.63) is 60.7 Å². The van der Waals surface area contributed by atoms with E-state index in [0.29, 0.717) is 5.57 Å². The quantitative estimate of drug-likeness (QED) is 0.568. The normalized spacial score (nSPS) is 18.3. The molecule has 1 aliphatic rings. The summed E-state index contributed by atoms with van der Waals surface area (Å²) in [6.45, 7) is 3.89. The van der Waals surface area contributed by atoms with Crippen molar-refractivity contribution in [3.8, 4) is 0 Å². The van der Waals surface area contributed by atoms with Crippen molar-refractivity contribution in [2.24, 2.45) is 11.8 Å². The van der Waals surface area contributed by atoms with Gasteiger partial charge in [-0.2, -0.15) is 0 Å². The summed E-state index contributed by atoms with van der Waals surface area (Å²) in [5.74, 6) is -1.33. The molecular formula is C20H20N2O2S2. The summed E-state index contributed by atoms with van der Waals surface area (Å²) in [6, 6.07) is 15.3. The average Bonchev–Trinajstić information content (AvgIpc) is 3.33. The second-order valence-corrected chi connectivity index (χ2v) is 7.73. The monoisotopic (exact) mass is 384 g/mol. The van der Waals surface area contributed by atoms with Crippen molar-refractivity contribution >= 4 is 46.7 Å². The number of hydrogen-bond donors (Lipinski definition) is 2. The maximum Gasteiger partial charge on any atom is 0.232 e. The largest absolute Gasteiger partial charge is 0.326 e. The Morgan fingerprint density at radius 3 is 1.65 bits per heavy atom. The van der Waals surface area contributed by atoms with Gasteiger partial charge in [0.25, 0.3) is 0 Å². The van der Waals surface area contributed by atoms with Crippen molar-refractivity contribution in [2.45, 2.75) is 9.79 Å². The highest BCUT2D eigenvalue weighted by Crippen LogP contribution is 2.45. The van der Waals surface area contributed by atoms with E-state index in [4.69, 9.17) is 0 Å². The van der Waals surface area contributed by atoms with E-state index in [9.17, 15) is 9.59 Å². The van der Waals surface area contributed by atoms with Crippen LogP contribution in [0.5, 0.6) is 0 Å². The molecule has 1 saturated carbocycles. The van der Waals surface area contributed by atoms with Gasteiger partial charge in [-0.25, -0.2) is 0 Å². The van der Waals surface area contributed by atoms with Gasteiger partial charge < -0.3 is 10.6 Å². The molecule has 3 rings (SSSR count). The number of hydrogen-bond acceptors (Lipinski definition) is 4. The van der Waals surface area contributed by atoms with Crippen molar-refractivity contribution in [2.75, 3.05) is 23.1 Å². The Kier molecular flexibility index (Phi) is 5.74. The van der Waals surface area contributed by atoms with E-state index in [0.717, 1.165) is 21.2 Å². The molecule has 0 radical (unpaired) electrons. The summed E-state index contributed by atoms with van der Waals surface area (Å²) in [4.78, 5) is 27.1. The smallest absolute Gasteiger partial charge is 0.232 e. The van der Waals surface area contributed by atoms with E-state index in [1.165, 1.54) is 0 Å². The molecule has 2 aromatic rings. The zero-order valence-electron chi connectivity index (χ0n) is 14.6. The molecule has 0 spiro atoms. The molecule has 1 fully saturated rings. The standard InChI is InChI=1S/C20H20N2O2S2/c1-12-17(19(23)21-13-6-4-8-15(10-13)25-2)18(12)20(24)22-14-7-5-9-16(11-14)26-3/h4-11,17-18H,1H2,2-3H3,(H,21,23)(H,22,24). The highest BCUT2D eigenvalue weighted by atomic mass is 32.2. The zero-order chi connectivity index (χ0) is 18.7. The summed E-state index contributed by atoms with van der Waals surface area (Å²) in [6.07, 6.45) is 3.96. The van der Waals surface area contributed by atoms with Crippen LogP contribution < -0.4 is 10.6 Å². The Labute approximate surface area is 161 Å². The van der Waals surface area contributed by atoms with Gasteiger partial charge in [-0.05, 0) is 48.9 Å². The van der Waals surface area contributed by atoms with Crippen molar-refractivity contribution in [1.29, 1.82) is 0 Å². The van der Waals surface area contributed by atoms with Gasteiger partial charge in [0.05, 0.1) is 11.8 Å². The zero-order valence-corrected chi connectivity index (χ0v) is 16.2. The summed E-state index contributed by atoms with van der Waals surface area (Å²) in [5, 5.41) is 5.76. The minimum absolute atomic E-state index is 0.189. The minimum atomic E-state index is -0.475. The Bertz CT molecular complexity index is 797. The lowest BCUT2D eigenvalue weighted by Crippen LogP contribution is -2.20. The minimum Gasteiger partial charge on any atom is -0.326 e. The first kappa shape index (κ1) is 18.6. The van der Waals surface area contributed by atoms with E-state index < -0.39 is 11.8 Å². The molecule has 26 heavy (non-hydrogen) atoms. The summed E-state index contributed by atoms with van der Waals surface area (Å²) in [5.41, 5.74) is 2.11. The van der Waals surface area contributed by atoms with Gasteiger partial charge in [-0.15, -0.1) is 23.5 Å². The Balaban J connectivity index is 1.62. The molecule has 0 saturated heterocycles. The van der Waals surface area contributed by atoms with Crippen LogP contribution in [0.2, 0.25) is 0 Å². The molecule has 2 aromatic carbocycles. The van der Waals surface area contributed by atoms with E-state index >= 15 is 0 Å². The lowest BCUT2D eigenvalue weighted by Gasteiger charge is -2.07. The number of carbonyl (C=O) groups excluding carboxylic acids is 2. The van der Waals surface area contributed by atoms with Crippen LogP contribution in [0.25, 0.3) is 0 Å². The number of thioether (sulfide) groups is 2. The number of anilines is 2. The second-order valence-electron chi connectivity index (χ2n) is 5.97. The molecular weight excluding hydrogens is 364 g/mol. The van der Waals surface area contributed by atoms with E-state index in [1.807, 2.05) is 61.0 Å². The predicted octanol–water partition coefficient (Wildman–Crippen LogP) is 4.51. The van der Waals surface area contributed by atoms with Crippen molar-refractivity contribution in [1.82, 2.24) is 0 Å². The third-order valence-electron chi connectivity index (χ3n) is 4.26. The van der Waals surface area contributed by atoms with Crippen LogP contribution in [0, 0.1) is 11.8 Å². The van der Waals surface area contributed by atoms with E-state index in [1.54, 1.807) is 23.5 Å². The summed E-state index contributed by atoms with van der Waals surface area (Å²) >= 11 is 3.22. The van der Waals surface area contributed by atoms with Crippen LogP contribution >= 0.6 is 23.5 Å². The first-order valence-corrected chi connectivity index (χ1v) is 10.6. The maximum absolute atomic E-state index is 12.5. The Hall–Kier alpha value is -2.18. The van der Waals surface area contributed by atoms with E-state index in [-0.39, 0.29) is 11.8 Å². The van der Waals surface area contributed by atoms with Crippen LogP contribution in [0.15, 0.2) is 70.5 Å². The summed E-state index contributed by atoms with van der Waals surface area (Å²) < 4.78 is 0. The van der Waals surface area contributed by atoms with E-state index in [2.05, 4.69) is 17.2 Å². The topological polar surface area (TPSA) is 58.2 Å². The highest BCUT2D eigenvalue weighted by molar-refractivity contribution is 7.98. The molecule has 0 aliphatic heterocycles. The molecule has 0 heterocycles. The number of amides is 2. The fourth-order valence-corrected chi connectivity index (χ4v) is 3.71. The molecule has 0 bridgehead atoms. The molecule has 4 nitrogen and oxygen atoms in total. The Morgan fingerprint density at radius 2 is 1.27 bits per heavy atom. The second kappa shape index (κ2) is 8.01. The van der Waals surface area contributed by atoms with Gasteiger partial charge in [-0.1, -0.05) is 24.3 Å². The third-order valence-corrected chi connectivity index (χ3v) is 5.71. The van der Waals surface area contributed by atoms with Gasteiger partial charge in [-0.3, -0.25) is 9.59 Å². The molecule has 2 amide bonds. The lowest BCUT2D eigenvalue weighted by molar-refractivity contribution is -0.122. The molecule has 1 aliphatic carbocycles. The van der Waals surface area contributed by atoms with Gasteiger partial charge in [0.2, 0.25) is 11.8 Å². The highest BCUT2D eigenvalue weighted by Gasteiger charge is 2.52. The van der Waals surface area contributed by atoms with Crippen molar-refractivity contribution in [3.63, 3.8) is 0 Å². The van der Waals surface area contributed by atoms with Gasteiger partial charge >= 0.3 is 0 Å². The van der Waals surface area contributed by atoms with Gasteiger partial charge in [0, 0.05) is 21.2 Å². The number of benzene rings is 2.